The highest BCUT2D eigenvalue weighted by Crippen LogP contribution is 2.23. The van der Waals surface area contributed by atoms with Crippen molar-refractivity contribution in [3.8, 4) is 0 Å². The number of benzene rings is 2. The molecule has 0 aliphatic heterocycles. The molecule has 0 spiro atoms. The van der Waals surface area contributed by atoms with Crippen molar-refractivity contribution in [2.75, 3.05) is 6.61 Å². The van der Waals surface area contributed by atoms with Crippen LogP contribution in [0.3, 0.4) is 0 Å². The number of carbonyl (C=O) groups is 2. The summed E-state index contributed by atoms with van der Waals surface area (Å²) in [5.41, 5.74) is 1.43. The van der Waals surface area contributed by atoms with E-state index in [9.17, 15) is 14.7 Å². The number of aliphatic hydroxyl groups excluding tert-OH is 1. The lowest BCUT2D eigenvalue weighted by molar-refractivity contribution is -0.232. The van der Waals surface area contributed by atoms with Crippen molar-refractivity contribution in [2.45, 2.75) is 26.1 Å². The predicted octanol–water partition coefficient (Wildman–Crippen LogP) is 2.45. The van der Waals surface area contributed by atoms with Crippen LogP contribution < -0.4 is 0 Å². The third-order valence-corrected chi connectivity index (χ3v) is 3.34. The van der Waals surface area contributed by atoms with Gasteiger partial charge in [0.05, 0.1) is 5.92 Å². The minimum Gasteiger partial charge on any atom is -0.426 e. The van der Waals surface area contributed by atoms with E-state index in [0.717, 1.165) is 11.8 Å². The average molecular weight is 344 g/mol. The van der Waals surface area contributed by atoms with E-state index in [1.807, 2.05) is 30.3 Å². The Labute approximate surface area is 147 Å². The van der Waals surface area contributed by atoms with Gasteiger partial charge in [-0.25, -0.2) is 0 Å². The summed E-state index contributed by atoms with van der Waals surface area (Å²) in [6, 6.07) is 18.0. The standard InChI is InChI=1S/C12H16O4.C8H8O/c1-9(2)11(14)16-12(15,8-13)10-6-4-3-5-7-10;9-7-6-8-4-2-1-3-5-8/h3-7,9,13,15H,8H2,1-2H3;1-5,7H,6H2. The van der Waals surface area contributed by atoms with Crippen LogP contribution in [-0.2, 0) is 26.5 Å². The maximum absolute atomic E-state index is 11.4. The summed E-state index contributed by atoms with van der Waals surface area (Å²) in [7, 11) is 0. The van der Waals surface area contributed by atoms with Crippen LogP contribution in [0.2, 0.25) is 0 Å². The van der Waals surface area contributed by atoms with Crippen LogP contribution in [0.5, 0.6) is 0 Å². The Kier molecular flexibility index (Phi) is 8.53. The topological polar surface area (TPSA) is 83.8 Å². The Balaban J connectivity index is 0.000000293. The van der Waals surface area contributed by atoms with E-state index in [0.29, 0.717) is 12.0 Å². The van der Waals surface area contributed by atoms with Gasteiger partial charge in [0.15, 0.2) is 0 Å². The highest BCUT2D eigenvalue weighted by molar-refractivity contribution is 5.72. The number of hydrogen-bond acceptors (Lipinski definition) is 5. The van der Waals surface area contributed by atoms with Gasteiger partial charge in [0.2, 0.25) is 0 Å². The first-order chi connectivity index (χ1) is 11.9. The zero-order valence-corrected chi connectivity index (χ0v) is 14.5. The third kappa shape index (κ3) is 6.87. The van der Waals surface area contributed by atoms with E-state index in [-0.39, 0.29) is 5.92 Å². The Morgan fingerprint density at radius 2 is 1.60 bits per heavy atom. The minimum atomic E-state index is -1.96. The molecule has 0 aliphatic carbocycles. The van der Waals surface area contributed by atoms with E-state index in [1.165, 1.54) is 0 Å². The monoisotopic (exact) mass is 344 g/mol. The summed E-state index contributed by atoms with van der Waals surface area (Å²) in [6.07, 6.45) is 1.44. The van der Waals surface area contributed by atoms with Crippen molar-refractivity contribution in [3.63, 3.8) is 0 Å². The van der Waals surface area contributed by atoms with E-state index < -0.39 is 18.4 Å². The maximum Gasteiger partial charge on any atom is 0.311 e. The lowest BCUT2D eigenvalue weighted by Crippen LogP contribution is -2.37. The van der Waals surface area contributed by atoms with Gasteiger partial charge in [-0.05, 0) is 5.56 Å². The second-order valence-electron chi connectivity index (χ2n) is 5.74. The third-order valence-electron chi connectivity index (χ3n) is 3.34. The van der Waals surface area contributed by atoms with Crippen molar-refractivity contribution in [2.24, 2.45) is 5.92 Å². The fourth-order valence-corrected chi connectivity index (χ4v) is 1.88. The second-order valence-corrected chi connectivity index (χ2v) is 5.74. The number of aldehydes is 1. The Bertz CT molecular complexity index is 640. The van der Waals surface area contributed by atoms with Crippen LogP contribution in [0, 0.1) is 5.92 Å². The Hall–Kier alpha value is -2.50. The summed E-state index contributed by atoms with van der Waals surface area (Å²) in [6.45, 7) is 2.64. The average Bonchev–Trinajstić information content (AvgIpc) is 2.64. The predicted molar refractivity (Wildman–Crippen MR) is 94.6 cm³/mol. The molecule has 1 unspecified atom stereocenters. The second kappa shape index (κ2) is 10.4. The number of esters is 1. The number of rotatable bonds is 6. The van der Waals surface area contributed by atoms with Gasteiger partial charge in [-0.15, -0.1) is 0 Å². The Morgan fingerprint density at radius 1 is 1.08 bits per heavy atom. The fourth-order valence-electron chi connectivity index (χ4n) is 1.88. The molecule has 0 aromatic heterocycles. The lowest BCUT2D eigenvalue weighted by atomic mass is 10.1. The zero-order valence-electron chi connectivity index (χ0n) is 14.5. The van der Waals surface area contributed by atoms with Crippen molar-refractivity contribution < 1.29 is 24.5 Å². The highest BCUT2D eigenvalue weighted by atomic mass is 16.7. The van der Waals surface area contributed by atoms with Crippen molar-refractivity contribution >= 4 is 12.3 Å². The molecule has 1 atom stereocenters. The molecule has 0 heterocycles. The molecule has 2 aromatic carbocycles. The molecule has 0 radical (unpaired) electrons. The summed E-state index contributed by atoms with van der Waals surface area (Å²) in [5.74, 6) is -2.87. The van der Waals surface area contributed by atoms with Crippen LogP contribution in [0.1, 0.15) is 25.0 Å². The first-order valence-electron chi connectivity index (χ1n) is 8.02. The van der Waals surface area contributed by atoms with Gasteiger partial charge in [0.1, 0.15) is 12.9 Å². The first kappa shape index (κ1) is 20.5. The molecule has 0 fully saturated rings. The first-order valence-corrected chi connectivity index (χ1v) is 8.02. The molecule has 0 saturated carbocycles. The number of hydrogen-bond donors (Lipinski definition) is 2. The SMILES string of the molecule is CC(C)C(=O)OC(O)(CO)c1ccccc1.O=CCc1ccccc1. The smallest absolute Gasteiger partial charge is 0.311 e. The van der Waals surface area contributed by atoms with Crippen molar-refractivity contribution in [1.82, 2.24) is 0 Å². The summed E-state index contributed by atoms with van der Waals surface area (Å²) in [4.78, 5) is 21.4. The van der Waals surface area contributed by atoms with E-state index in [1.54, 1.807) is 44.2 Å². The lowest BCUT2D eigenvalue weighted by Gasteiger charge is -2.26. The van der Waals surface area contributed by atoms with E-state index in [2.05, 4.69) is 0 Å². The number of carbonyl (C=O) groups excluding carboxylic acids is 2. The van der Waals surface area contributed by atoms with E-state index in [4.69, 9.17) is 9.84 Å². The zero-order chi connectivity index (χ0) is 18.7. The molecule has 0 aliphatic rings. The maximum atomic E-state index is 11.4. The summed E-state index contributed by atoms with van der Waals surface area (Å²) in [5, 5.41) is 19.2. The van der Waals surface area contributed by atoms with Gasteiger partial charge in [0, 0.05) is 12.0 Å². The van der Waals surface area contributed by atoms with Gasteiger partial charge in [0.25, 0.3) is 5.79 Å². The summed E-state index contributed by atoms with van der Waals surface area (Å²) >= 11 is 0. The molecule has 25 heavy (non-hydrogen) atoms. The molecular weight excluding hydrogens is 320 g/mol. The summed E-state index contributed by atoms with van der Waals surface area (Å²) < 4.78 is 4.90. The van der Waals surface area contributed by atoms with E-state index >= 15 is 0 Å². The van der Waals surface area contributed by atoms with Crippen LogP contribution in [0.15, 0.2) is 60.7 Å². The van der Waals surface area contributed by atoms with Crippen molar-refractivity contribution in [1.29, 1.82) is 0 Å². The fraction of sp³-hybridized carbons (Fsp3) is 0.300. The van der Waals surface area contributed by atoms with Gasteiger partial charge in [-0.3, -0.25) is 4.79 Å². The van der Waals surface area contributed by atoms with Crippen LogP contribution in [0.4, 0.5) is 0 Å². The molecule has 134 valence electrons. The normalized spacial score (nSPS) is 12.5. The molecule has 5 nitrogen and oxygen atoms in total. The molecule has 2 aromatic rings. The van der Waals surface area contributed by atoms with Gasteiger partial charge < -0.3 is 19.7 Å². The van der Waals surface area contributed by atoms with Crippen molar-refractivity contribution in [3.05, 3.63) is 71.8 Å². The largest absolute Gasteiger partial charge is 0.426 e. The minimum absolute atomic E-state index is 0.353. The molecule has 2 rings (SSSR count). The molecular formula is C20H24O5. The van der Waals surface area contributed by atoms with Crippen LogP contribution in [0.25, 0.3) is 0 Å². The Morgan fingerprint density at radius 3 is 2.04 bits per heavy atom. The van der Waals surface area contributed by atoms with Gasteiger partial charge in [-0.1, -0.05) is 74.5 Å². The molecule has 0 amide bonds. The molecule has 0 saturated heterocycles. The van der Waals surface area contributed by atoms with Gasteiger partial charge in [-0.2, -0.15) is 0 Å². The highest BCUT2D eigenvalue weighted by Gasteiger charge is 2.33. The van der Waals surface area contributed by atoms with Gasteiger partial charge >= 0.3 is 5.97 Å². The molecule has 2 N–H and O–H groups in total. The van der Waals surface area contributed by atoms with Crippen LogP contribution in [-0.4, -0.2) is 29.1 Å². The number of ether oxygens (including phenoxy) is 1. The quantitative estimate of drug-likeness (QED) is 0.478. The molecule has 0 bridgehead atoms. The molecule has 5 heteroatoms. The number of aliphatic hydroxyl groups is 2. The van der Waals surface area contributed by atoms with Crippen LogP contribution >= 0.6 is 0 Å².